The van der Waals surface area contributed by atoms with Crippen LogP contribution in [0.2, 0.25) is 0 Å². The van der Waals surface area contributed by atoms with E-state index in [9.17, 15) is 9.90 Å². The normalized spacial score (nSPS) is 12.2. The van der Waals surface area contributed by atoms with E-state index in [1.165, 1.54) is 19.2 Å². The number of rotatable bonds is 3. The molecule has 1 aromatic carbocycles. The number of carboxylic acid groups (broad SMARTS) is 1. The average molecular weight is 261 g/mol. The summed E-state index contributed by atoms with van der Waals surface area (Å²) in [4.78, 5) is 10.5. The molecule has 0 amide bonds. The molecular weight excluding hydrogens is 252 g/mol. The topological polar surface area (TPSA) is 66.8 Å². The maximum absolute atomic E-state index is 10.5. The smallest absolute Gasteiger partial charge is 0.337 e. The molecule has 4 nitrogen and oxygen atoms in total. The van der Waals surface area contributed by atoms with E-state index in [1.54, 1.807) is 6.07 Å². The number of methoxy groups -OCH3 is 1. The summed E-state index contributed by atoms with van der Waals surface area (Å²) >= 11 is 3.19. The van der Waals surface area contributed by atoms with Crippen molar-refractivity contribution >= 4 is 21.9 Å². The van der Waals surface area contributed by atoms with E-state index in [0.29, 0.717) is 10.2 Å². The highest BCUT2D eigenvalue weighted by Gasteiger charge is 2.16. The summed E-state index contributed by atoms with van der Waals surface area (Å²) in [6.07, 6.45) is -1.53. The Hall–Kier alpha value is -1.07. The molecule has 0 spiro atoms. The number of ether oxygens (including phenoxy) is 1. The van der Waals surface area contributed by atoms with Crippen molar-refractivity contribution in [2.45, 2.75) is 6.10 Å². The van der Waals surface area contributed by atoms with Crippen LogP contribution < -0.4 is 4.74 Å². The van der Waals surface area contributed by atoms with Gasteiger partial charge in [-0.2, -0.15) is 0 Å². The van der Waals surface area contributed by atoms with Gasteiger partial charge in [-0.15, -0.1) is 0 Å². The summed E-state index contributed by atoms with van der Waals surface area (Å²) in [6.45, 7) is 0. The van der Waals surface area contributed by atoms with Crippen molar-refractivity contribution in [3.8, 4) is 5.75 Å². The molecule has 0 aliphatic carbocycles. The van der Waals surface area contributed by atoms with Crippen molar-refractivity contribution in [1.82, 2.24) is 0 Å². The molecule has 0 fully saturated rings. The molecule has 0 heterocycles. The van der Waals surface area contributed by atoms with E-state index in [4.69, 9.17) is 9.84 Å². The first-order valence-electron chi connectivity index (χ1n) is 3.80. The third-order valence-corrected chi connectivity index (χ3v) is 2.14. The predicted molar refractivity (Wildman–Crippen MR) is 53.3 cm³/mol. The molecule has 0 saturated heterocycles. The molecule has 0 unspecified atom stereocenters. The Balaban J connectivity index is 3.08. The van der Waals surface area contributed by atoms with Crippen LogP contribution >= 0.6 is 15.9 Å². The standard InChI is InChI=1S/C9H9BrO4/c1-14-7-3-5(2-6(10)4-7)8(11)9(12)13/h2-4,8,11H,1H3,(H,12,13)/t8-/m1/s1. The molecule has 0 aliphatic rings. The lowest BCUT2D eigenvalue weighted by molar-refractivity contribution is -0.146. The van der Waals surface area contributed by atoms with Gasteiger partial charge in [-0.1, -0.05) is 15.9 Å². The second kappa shape index (κ2) is 4.43. The van der Waals surface area contributed by atoms with Crippen LogP contribution in [0.3, 0.4) is 0 Å². The van der Waals surface area contributed by atoms with Crippen molar-refractivity contribution in [2.75, 3.05) is 7.11 Å². The fraction of sp³-hybridized carbons (Fsp3) is 0.222. The molecule has 1 atom stereocenters. The van der Waals surface area contributed by atoms with E-state index in [-0.39, 0.29) is 5.56 Å². The van der Waals surface area contributed by atoms with Gasteiger partial charge in [0.2, 0.25) is 0 Å². The zero-order chi connectivity index (χ0) is 10.7. The number of halogens is 1. The second-order valence-electron chi connectivity index (χ2n) is 2.67. The lowest BCUT2D eigenvalue weighted by Crippen LogP contribution is -2.10. The maximum atomic E-state index is 10.5. The molecule has 2 N–H and O–H groups in total. The van der Waals surface area contributed by atoms with Crippen LogP contribution in [0, 0.1) is 0 Å². The van der Waals surface area contributed by atoms with Gasteiger partial charge in [0, 0.05) is 4.47 Å². The van der Waals surface area contributed by atoms with Crippen LogP contribution in [0.15, 0.2) is 22.7 Å². The molecule has 76 valence electrons. The minimum Gasteiger partial charge on any atom is -0.497 e. The lowest BCUT2D eigenvalue weighted by atomic mass is 10.1. The average Bonchev–Trinajstić information content (AvgIpc) is 2.15. The summed E-state index contributed by atoms with van der Waals surface area (Å²) < 4.78 is 5.59. The van der Waals surface area contributed by atoms with Crippen molar-refractivity contribution < 1.29 is 19.7 Å². The number of aliphatic hydroxyl groups is 1. The predicted octanol–water partition coefficient (Wildman–Crippen LogP) is 1.58. The first-order valence-corrected chi connectivity index (χ1v) is 4.59. The molecule has 1 aromatic rings. The first-order chi connectivity index (χ1) is 6.54. The van der Waals surface area contributed by atoms with Crippen LogP contribution in [-0.4, -0.2) is 23.3 Å². The van der Waals surface area contributed by atoms with Gasteiger partial charge in [-0.05, 0) is 23.8 Å². The van der Waals surface area contributed by atoms with Crippen LogP contribution in [-0.2, 0) is 4.79 Å². The van der Waals surface area contributed by atoms with Crippen molar-refractivity contribution in [1.29, 1.82) is 0 Å². The summed E-state index contributed by atoms with van der Waals surface area (Å²) in [5.74, 6) is -0.792. The van der Waals surface area contributed by atoms with Gasteiger partial charge < -0.3 is 14.9 Å². The highest BCUT2D eigenvalue weighted by molar-refractivity contribution is 9.10. The largest absolute Gasteiger partial charge is 0.497 e. The fourth-order valence-electron chi connectivity index (χ4n) is 1.00. The molecule has 5 heteroatoms. The zero-order valence-corrected chi connectivity index (χ0v) is 8.98. The number of hydrogen-bond donors (Lipinski definition) is 2. The van der Waals surface area contributed by atoms with E-state index >= 15 is 0 Å². The zero-order valence-electron chi connectivity index (χ0n) is 7.40. The summed E-state index contributed by atoms with van der Waals surface area (Å²) in [5, 5.41) is 17.9. The Morgan fingerprint density at radius 3 is 2.64 bits per heavy atom. The van der Waals surface area contributed by atoms with E-state index in [0.717, 1.165) is 0 Å². The van der Waals surface area contributed by atoms with Gasteiger partial charge in [0.15, 0.2) is 6.10 Å². The highest BCUT2D eigenvalue weighted by Crippen LogP contribution is 2.25. The lowest BCUT2D eigenvalue weighted by Gasteiger charge is -2.08. The van der Waals surface area contributed by atoms with Gasteiger partial charge in [0.1, 0.15) is 5.75 Å². The number of aliphatic hydroxyl groups excluding tert-OH is 1. The fourth-order valence-corrected chi connectivity index (χ4v) is 1.49. The monoisotopic (exact) mass is 260 g/mol. The van der Waals surface area contributed by atoms with Crippen LogP contribution in [0.5, 0.6) is 5.75 Å². The maximum Gasteiger partial charge on any atom is 0.337 e. The van der Waals surface area contributed by atoms with Gasteiger partial charge in [0.25, 0.3) is 0 Å². The molecular formula is C9H9BrO4. The van der Waals surface area contributed by atoms with E-state index in [2.05, 4.69) is 15.9 Å². The minimum atomic E-state index is -1.53. The summed E-state index contributed by atoms with van der Waals surface area (Å²) in [5.41, 5.74) is 0.281. The number of carboxylic acids is 1. The Bertz CT molecular complexity index is 351. The number of benzene rings is 1. The van der Waals surface area contributed by atoms with Gasteiger partial charge in [0.05, 0.1) is 7.11 Å². The van der Waals surface area contributed by atoms with Crippen LogP contribution in [0.1, 0.15) is 11.7 Å². The molecule has 0 aromatic heterocycles. The van der Waals surface area contributed by atoms with Gasteiger partial charge >= 0.3 is 5.97 Å². The van der Waals surface area contributed by atoms with E-state index in [1.807, 2.05) is 0 Å². The van der Waals surface area contributed by atoms with Crippen molar-refractivity contribution in [3.63, 3.8) is 0 Å². The quantitative estimate of drug-likeness (QED) is 0.866. The Morgan fingerprint density at radius 1 is 1.50 bits per heavy atom. The van der Waals surface area contributed by atoms with Crippen molar-refractivity contribution in [3.05, 3.63) is 28.2 Å². The molecule has 1 rings (SSSR count). The molecule has 14 heavy (non-hydrogen) atoms. The number of carbonyl (C=O) groups is 1. The molecule has 0 radical (unpaired) electrons. The number of hydrogen-bond acceptors (Lipinski definition) is 3. The third kappa shape index (κ3) is 2.46. The first kappa shape index (κ1) is 11.0. The molecule has 0 saturated carbocycles. The van der Waals surface area contributed by atoms with Gasteiger partial charge in [-0.25, -0.2) is 4.79 Å². The number of aliphatic carboxylic acids is 1. The Morgan fingerprint density at radius 2 is 2.14 bits per heavy atom. The summed E-state index contributed by atoms with van der Waals surface area (Å²) in [6, 6.07) is 4.68. The molecule has 0 aliphatic heterocycles. The summed E-state index contributed by atoms with van der Waals surface area (Å²) in [7, 11) is 1.47. The van der Waals surface area contributed by atoms with Crippen LogP contribution in [0.25, 0.3) is 0 Å². The Kier molecular flexibility index (Phi) is 3.49. The van der Waals surface area contributed by atoms with Crippen molar-refractivity contribution in [2.24, 2.45) is 0 Å². The van der Waals surface area contributed by atoms with Crippen LogP contribution in [0.4, 0.5) is 0 Å². The van der Waals surface area contributed by atoms with E-state index < -0.39 is 12.1 Å². The minimum absolute atomic E-state index is 0.281. The van der Waals surface area contributed by atoms with Gasteiger partial charge in [-0.3, -0.25) is 0 Å². The molecule has 0 bridgehead atoms. The SMILES string of the molecule is COc1cc(Br)cc([C@@H](O)C(=O)O)c1. The Labute approximate surface area is 89.3 Å². The second-order valence-corrected chi connectivity index (χ2v) is 3.58. The third-order valence-electron chi connectivity index (χ3n) is 1.68. The highest BCUT2D eigenvalue weighted by atomic mass is 79.9.